The van der Waals surface area contributed by atoms with Crippen molar-refractivity contribution in [3.05, 3.63) is 104 Å². The number of nitrogens with zero attached hydrogens (tertiary/aromatic N) is 1. The minimum atomic E-state index is -1.59. The Balaban J connectivity index is 1.45. The molecule has 0 bridgehead atoms. The Morgan fingerprint density at radius 3 is 2.59 bits per heavy atom. The monoisotopic (exact) mass is 467 g/mol. The van der Waals surface area contributed by atoms with Crippen LogP contribution in [0.4, 0.5) is 18.9 Å². The van der Waals surface area contributed by atoms with Gasteiger partial charge in [0, 0.05) is 18.4 Å². The van der Waals surface area contributed by atoms with Crippen molar-refractivity contribution in [1.29, 1.82) is 0 Å². The second-order valence-electron chi connectivity index (χ2n) is 7.99. The highest BCUT2D eigenvalue weighted by Gasteiger charge is 2.17. The fourth-order valence-electron chi connectivity index (χ4n) is 3.74. The molecule has 2 N–H and O–H groups in total. The summed E-state index contributed by atoms with van der Waals surface area (Å²) < 4.78 is 41.4. The largest absolute Gasteiger partial charge is 0.348 e. The molecule has 2 amide bonds. The Bertz CT molecular complexity index is 1370. The third-order valence-electron chi connectivity index (χ3n) is 5.31. The normalized spacial score (nSPS) is 12.6. The molecule has 4 rings (SSSR count). The van der Waals surface area contributed by atoms with E-state index in [9.17, 15) is 27.6 Å². The van der Waals surface area contributed by atoms with Gasteiger partial charge in [0.1, 0.15) is 5.56 Å². The predicted molar refractivity (Wildman–Crippen MR) is 121 cm³/mol. The van der Waals surface area contributed by atoms with Crippen LogP contribution >= 0.6 is 0 Å². The van der Waals surface area contributed by atoms with E-state index in [2.05, 4.69) is 10.6 Å². The minimum absolute atomic E-state index is 0.0453. The van der Waals surface area contributed by atoms with Crippen LogP contribution < -0.4 is 16.2 Å². The maximum atomic E-state index is 13.5. The van der Waals surface area contributed by atoms with E-state index < -0.39 is 28.9 Å². The second-order valence-corrected chi connectivity index (χ2v) is 7.99. The zero-order chi connectivity index (χ0) is 24.4. The molecule has 0 aliphatic carbocycles. The molecule has 0 saturated heterocycles. The minimum Gasteiger partial charge on any atom is -0.348 e. The number of anilines is 1. The molecule has 0 radical (unpaired) electrons. The van der Waals surface area contributed by atoms with Crippen molar-refractivity contribution < 1.29 is 22.8 Å². The number of amides is 2. The van der Waals surface area contributed by atoms with Gasteiger partial charge in [-0.25, -0.2) is 13.2 Å². The van der Waals surface area contributed by atoms with Crippen LogP contribution in [0, 0.1) is 24.4 Å². The van der Waals surface area contributed by atoms with E-state index in [-0.39, 0.29) is 30.1 Å². The van der Waals surface area contributed by atoms with E-state index in [1.54, 1.807) is 19.1 Å². The fourth-order valence-corrected chi connectivity index (χ4v) is 3.74. The molecule has 174 valence electrons. The number of hydrogen-bond donors (Lipinski definition) is 2. The average Bonchev–Trinajstić information content (AvgIpc) is 3.16. The molecular weight excluding hydrogens is 447 g/mol. The van der Waals surface area contributed by atoms with Crippen molar-refractivity contribution in [1.82, 2.24) is 9.88 Å². The molecule has 0 unspecified atom stereocenters. The van der Waals surface area contributed by atoms with E-state index in [0.29, 0.717) is 12.0 Å². The van der Waals surface area contributed by atoms with E-state index >= 15 is 0 Å². The first kappa shape index (κ1) is 23.0. The maximum Gasteiger partial charge on any atom is 0.263 e. The molecule has 0 saturated carbocycles. The van der Waals surface area contributed by atoms with Crippen LogP contribution in [-0.2, 0) is 17.8 Å². The molecule has 9 heteroatoms. The lowest BCUT2D eigenvalue weighted by atomic mass is 10.1. The molecule has 0 spiro atoms. The number of nitrogens with one attached hydrogen (secondary N) is 2. The van der Waals surface area contributed by atoms with Crippen LogP contribution in [0.25, 0.3) is 6.08 Å². The molecule has 1 aliphatic heterocycles. The van der Waals surface area contributed by atoms with Crippen molar-refractivity contribution in [3.63, 3.8) is 0 Å². The third-order valence-corrected chi connectivity index (χ3v) is 5.31. The van der Waals surface area contributed by atoms with Crippen molar-refractivity contribution in [2.45, 2.75) is 19.9 Å². The van der Waals surface area contributed by atoms with Gasteiger partial charge in [-0.05, 0) is 53.4 Å². The number of aromatic nitrogens is 1. The molecule has 6 nitrogen and oxygen atoms in total. The molecule has 0 fully saturated rings. The van der Waals surface area contributed by atoms with E-state index in [4.69, 9.17) is 0 Å². The van der Waals surface area contributed by atoms with Crippen LogP contribution in [0.15, 0.2) is 53.5 Å². The van der Waals surface area contributed by atoms with Gasteiger partial charge in [-0.15, -0.1) is 0 Å². The van der Waals surface area contributed by atoms with Gasteiger partial charge >= 0.3 is 0 Å². The Kier molecular flexibility index (Phi) is 6.36. The summed E-state index contributed by atoms with van der Waals surface area (Å²) in [6, 6.07) is 8.59. The van der Waals surface area contributed by atoms with Gasteiger partial charge in [0.2, 0.25) is 5.91 Å². The fraction of sp³-hybridized carbons (Fsp3) is 0.160. The van der Waals surface area contributed by atoms with E-state index in [1.165, 1.54) is 12.3 Å². The summed E-state index contributed by atoms with van der Waals surface area (Å²) in [6.07, 6.45) is 5.28. The van der Waals surface area contributed by atoms with Gasteiger partial charge < -0.3 is 15.2 Å². The number of rotatable bonds is 6. The van der Waals surface area contributed by atoms with Crippen LogP contribution in [0.2, 0.25) is 0 Å². The zero-order valence-electron chi connectivity index (χ0n) is 18.1. The summed E-state index contributed by atoms with van der Waals surface area (Å²) >= 11 is 0. The first-order valence-corrected chi connectivity index (χ1v) is 10.4. The van der Waals surface area contributed by atoms with Crippen molar-refractivity contribution in [2.75, 3.05) is 11.9 Å². The smallest absolute Gasteiger partial charge is 0.263 e. The highest BCUT2D eigenvalue weighted by atomic mass is 19.2. The Morgan fingerprint density at radius 1 is 1.12 bits per heavy atom. The lowest BCUT2D eigenvalue weighted by Gasteiger charge is -2.11. The summed E-state index contributed by atoms with van der Waals surface area (Å²) in [5, 5.41) is 5.41. The molecular formula is C25H20F3N3O3. The number of halogens is 3. The number of aryl methyl sites for hydroxylation is 1. The maximum absolute atomic E-state index is 13.5. The van der Waals surface area contributed by atoms with Gasteiger partial charge in [0.05, 0.1) is 13.0 Å². The molecule has 1 aromatic heterocycles. The van der Waals surface area contributed by atoms with Crippen molar-refractivity contribution >= 4 is 23.6 Å². The highest BCUT2D eigenvalue weighted by Crippen LogP contribution is 2.24. The number of benzene rings is 2. The van der Waals surface area contributed by atoms with Gasteiger partial charge in [0.15, 0.2) is 17.5 Å². The Labute approximate surface area is 192 Å². The predicted octanol–water partition coefficient (Wildman–Crippen LogP) is 3.56. The van der Waals surface area contributed by atoms with Crippen LogP contribution in [0.5, 0.6) is 0 Å². The van der Waals surface area contributed by atoms with Crippen molar-refractivity contribution in [2.24, 2.45) is 0 Å². The molecule has 2 heterocycles. The number of fused-ring (bicyclic) bond motifs is 1. The van der Waals surface area contributed by atoms with E-state index in [0.717, 1.165) is 33.5 Å². The number of carbonyl (C=O) groups excluding carboxylic acids is 2. The molecule has 0 atom stereocenters. The van der Waals surface area contributed by atoms with Crippen LogP contribution in [0.3, 0.4) is 0 Å². The molecule has 34 heavy (non-hydrogen) atoms. The average molecular weight is 467 g/mol. The molecule has 1 aliphatic rings. The summed E-state index contributed by atoms with van der Waals surface area (Å²) in [5.41, 5.74) is 2.39. The lowest BCUT2D eigenvalue weighted by Crippen LogP contribution is -2.33. The van der Waals surface area contributed by atoms with E-state index in [1.807, 2.05) is 18.2 Å². The van der Waals surface area contributed by atoms with Crippen molar-refractivity contribution in [3.8, 4) is 0 Å². The Morgan fingerprint density at radius 2 is 1.85 bits per heavy atom. The number of pyridine rings is 1. The standard InChI is InChI=1S/C25H20F3N3O3/c1-14-7-18(25(34)31(12-14)13-16-8-19(26)23(28)20(27)9-16)24(33)29-6-2-3-15-4-5-17-11-22(32)30-21(17)10-15/h2-5,7-10,12H,6,11,13H2,1H3,(H,29,33)(H,30,32)/b3-2+. The molecule has 3 aromatic rings. The first-order valence-electron chi connectivity index (χ1n) is 10.4. The first-order chi connectivity index (χ1) is 16.2. The third kappa shape index (κ3) is 4.93. The Hall–Kier alpha value is -4.14. The quantitative estimate of drug-likeness (QED) is 0.544. The van der Waals surface area contributed by atoms with Gasteiger partial charge in [0.25, 0.3) is 11.5 Å². The number of carbonyl (C=O) groups is 2. The lowest BCUT2D eigenvalue weighted by molar-refractivity contribution is -0.115. The molecule has 2 aromatic carbocycles. The zero-order valence-corrected chi connectivity index (χ0v) is 18.1. The number of hydrogen-bond acceptors (Lipinski definition) is 3. The summed E-state index contributed by atoms with van der Waals surface area (Å²) in [5.74, 6) is -4.96. The van der Waals surface area contributed by atoms with Gasteiger partial charge in [-0.1, -0.05) is 24.3 Å². The summed E-state index contributed by atoms with van der Waals surface area (Å²) in [7, 11) is 0. The topological polar surface area (TPSA) is 80.2 Å². The van der Waals surface area contributed by atoms with Gasteiger partial charge in [-0.3, -0.25) is 14.4 Å². The van der Waals surface area contributed by atoms with Crippen LogP contribution in [-0.4, -0.2) is 22.9 Å². The second kappa shape index (κ2) is 9.38. The SMILES string of the molecule is Cc1cc(C(=O)NC/C=C/c2ccc3c(c2)NC(=O)C3)c(=O)n(Cc2cc(F)c(F)c(F)c2)c1. The summed E-state index contributed by atoms with van der Waals surface area (Å²) in [6.45, 7) is 1.58. The highest BCUT2D eigenvalue weighted by molar-refractivity contribution is 5.99. The van der Waals surface area contributed by atoms with Crippen LogP contribution in [0.1, 0.15) is 32.6 Å². The summed E-state index contributed by atoms with van der Waals surface area (Å²) in [4.78, 5) is 36.8. The van der Waals surface area contributed by atoms with Gasteiger partial charge in [-0.2, -0.15) is 0 Å².